The number of ether oxygens (including phenoxy) is 1. The highest BCUT2D eigenvalue weighted by atomic mass is 19.2. The van der Waals surface area contributed by atoms with Gasteiger partial charge in [0, 0.05) is 11.1 Å². The van der Waals surface area contributed by atoms with Gasteiger partial charge in [-0.3, -0.25) is 0 Å². The summed E-state index contributed by atoms with van der Waals surface area (Å²) in [5.41, 5.74) is 3.41. The smallest absolute Gasteiger partial charge is 0.201 e. The summed E-state index contributed by atoms with van der Waals surface area (Å²) in [6, 6.07) is 16.4. The van der Waals surface area contributed by atoms with Gasteiger partial charge >= 0.3 is 0 Å². The monoisotopic (exact) mass is 520 g/mol. The summed E-state index contributed by atoms with van der Waals surface area (Å²) in [6.07, 6.45) is 12.6. The molecule has 0 saturated heterocycles. The molecule has 202 valence electrons. The molecule has 1 fully saturated rings. The summed E-state index contributed by atoms with van der Waals surface area (Å²) < 4.78 is 49.5. The van der Waals surface area contributed by atoms with Crippen molar-refractivity contribution in [3.8, 4) is 16.9 Å². The van der Waals surface area contributed by atoms with Crippen molar-refractivity contribution in [1.29, 1.82) is 0 Å². The fourth-order valence-corrected chi connectivity index (χ4v) is 5.49. The molecule has 4 heteroatoms. The Morgan fingerprint density at radius 2 is 1.53 bits per heavy atom. The minimum atomic E-state index is -1.09. The number of unbranched alkanes of at least 4 members (excludes halogenated alkanes) is 1. The lowest BCUT2D eigenvalue weighted by atomic mass is 9.77. The number of rotatable bonds is 12. The average molecular weight is 521 g/mol. The molecule has 1 aliphatic carbocycles. The van der Waals surface area contributed by atoms with E-state index in [0.29, 0.717) is 18.9 Å². The number of allylic oxidation sites excluding steroid dienone is 1. The lowest BCUT2D eigenvalue weighted by molar-refractivity contribution is 0.289. The van der Waals surface area contributed by atoms with E-state index >= 15 is 0 Å². The maximum atomic E-state index is 15.0. The van der Waals surface area contributed by atoms with Crippen LogP contribution in [0.5, 0.6) is 5.75 Å². The number of benzene rings is 3. The van der Waals surface area contributed by atoms with Crippen LogP contribution >= 0.6 is 0 Å². The maximum Gasteiger partial charge on any atom is 0.201 e. The first-order valence-corrected chi connectivity index (χ1v) is 14.1. The molecule has 0 spiro atoms. The molecule has 1 saturated carbocycles. The number of aryl methyl sites for hydroxylation is 2. The van der Waals surface area contributed by atoms with Gasteiger partial charge in [0.05, 0.1) is 6.61 Å². The maximum absolute atomic E-state index is 15.0. The van der Waals surface area contributed by atoms with E-state index in [-0.39, 0.29) is 16.9 Å². The van der Waals surface area contributed by atoms with Crippen molar-refractivity contribution in [2.75, 3.05) is 6.61 Å². The Bertz CT molecular complexity index is 1190. The van der Waals surface area contributed by atoms with E-state index in [2.05, 4.69) is 30.8 Å². The molecule has 4 rings (SSSR count). The van der Waals surface area contributed by atoms with Crippen LogP contribution in [0.1, 0.15) is 80.9 Å². The third-order valence-electron chi connectivity index (χ3n) is 7.91. The summed E-state index contributed by atoms with van der Waals surface area (Å²) in [4.78, 5) is 0. The first kappa shape index (κ1) is 28.0. The first-order valence-electron chi connectivity index (χ1n) is 14.1. The summed E-state index contributed by atoms with van der Waals surface area (Å²) in [5, 5.41) is 0. The fourth-order valence-electron chi connectivity index (χ4n) is 5.49. The van der Waals surface area contributed by atoms with Gasteiger partial charge in [-0.2, -0.15) is 4.39 Å². The predicted octanol–water partition coefficient (Wildman–Crippen LogP) is 9.97. The predicted molar refractivity (Wildman–Crippen MR) is 150 cm³/mol. The SMILES string of the molecule is C=CCCC1CCC(c2ccc(CCc3ccc(-c4ccc(OCCCC)c(F)c4F)c(F)c3)cc2)CC1. The quantitative estimate of drug-likeness (QED) is 0.171. The summed E-state index contributed by atoms with van der Waals surface area (Å²) >= 11 is 0. The van der Waals surface area contributed by atoms with Crippen LogP contribution in [0, 0.1) is 23.4 Å². The van der Waals surface area contributed by atoms with Gasteiger partial charge in [0.1, 0.15) is 5.82 Å². The van der Waals surface area contributed by atoms with Gasteiger partial charge in [-0.05, 0) is 105 Å². The van der Waals surface area contributed by atoms with E-state index in [9.17, 15) is 13.2 Å². The molecule has 38 heavy (non-hydrogen) atoms. The Hall–Kier alpha value is -3.01. The zero-order valence-electron chi connectivity index (χ0n) is 22.5. The second kappa shape index (κ2) is 13.7. The fraction of sp³-hybridized carbons (Fsp3) is 0.412. The van der Waals surface area contributed by atoms with Gasteiger partial charge in [-0.1, -0.05) is 55.8 Å². The Labute approximate surface area is 225 Å². The molecular formula is C34H39F3O. The molecule has 0 heterocycles. The number of hydrogen-bond donors (Lipinski definition) is 0. The van der Waals surface area contributed by atoms with Crippen molar-refractivity contribution in [1.82, 2.24) is 0 Å². The van der Waals surface area contributed by atoms with E-state index in [1.807, 2.05) is 13.0 Å². The van der Waals surface area contributed by atoms with Crippen molar-refractivity contribution >= 4 is 0 Å². The molecular weight excluding hydrogens is 481 g/mol. The Morgan fingerprint density at radius 3 is 2.21 bits per heavy atom. The summed E-state index contributed by atoms with van der Waals surface area (Å²) in [5.74, 6) is -1.37. The van der Waals surface area contributed by atoms with E-state index < -0.39 is 17.5 Å². The normalized spacial score (nSPS) is 17.4. The Balaban J connectivity index is 1.34. The van der Waals surface area contributed by atoms with Gasteiger partial charge in [0.25, 0.3) is 0 Å². The third kappa shape index (κ3) is 7.09. The molecule has 0 N–H and O–H groups in total. The third-order valence-corrected chi connectivity index (χ3v) is 7.91. The molecule has 0 aromatic heterocycles. The molecule has 0 atom stereocenters. The van der Waals surface area contributed by atoms with Gasteiger partial charge in [0.15, 0.2) is 11.6 Å². The van der Waals surface area contributed by atoms with Gasteiger partial charge in [0.2, 0.25) is 5.82 Å². The van der Waals surface area contributed by atoms with E-state index in [0.717, 1.165) is 37.2 Å². The molecule has 0 radical (unpaired) electrons. The molecule has 0 bridgehead atoms. The Kier molecular flexibility index (Phi) is 10.1. The average Bonchev–Trinajstić information content (AvgIpc) is 2.94. The molecule has 0 amide bonds. The molecule has 1 aliphatic rings. The second-order valence-electron chi connectivity index (χ2n) is 10.6. The van der Waals surface area contributed by atoms with Gasteiger partial charge in [-0.25, -0.2) is 8.78 Å². The number of hydrogen-bond acceptors (Lipinski definition) is 1. The molecule has 1 nitrogen and oxygen atoms in total. The van der Waals surface area contributed by atoms with E-state index in [4.69, 9.17) is 4.74 Å². The van der Waals surface area contributed by atoms with Crippen LogP contribution in [-0.2, 0) is 12.8 Å². The lowest BCUT2D eigenvalue weighted by Gasteiger charge is -2.28. The molecule has 3 aromatic rings. The molecule has 0 aliphatic heterocycles. The summed E-state index contributed by atoms with van der Waals surface area (Å²) in [6.45, 7) is 6.15. The minimum Gasteiger partial charge on any atom is -0.490 e. The van der Waals surface area contributed by atoms with Crippen LogP contribution in [-0.4, -0.2) is 6.61 Å². The standard InChI is InChI=1S/C34H39F3O/c1-3-5-7-24-10-15-27(16-11-24)28-17-12-25(13-18-28)8-9-26-14-19-29(31(35)23-26)30-20-21-32(34(37)33(30)36)38-22-6-4-2/h3,12-14,17-21,23-24,27H,1,4-11,15-16,22H2,2H3. The largest absolute Gasteiger partial charge is 0.490 e. The second-order valence-corrected chi connectivity index (χ2v) is 10.6. The highest BCUT2D eigenvalue weighted by molar-refractivity contribution is 5.66. The first-order chi connectivity index (χ1) is 18.5. The zero-order chi connectivity index (χ0) is 26.9. The van der Waals surface area contributed by atoms with Crippen molar-refractivity contribution in [2.45, 2.75) is 77.0 Å². The van der Waals surface area contributed by atoms with E-state index in [1.165, 1.54) is 67.5 Å². The highest BCUT2D eigenvalue weighted by Crippen LogP contribution is 2.38. The number of halogens is 3. The molecule has 0 unspecified atom stereocenters. The van der Waals surface area contributed by atoms with Crippen LogP contribution in [0.25, 0.3) is 11.1 Å². The van der Waals surface area contributed by atoms with Crippen LogP contribution in [0.4, 0.5) is 13.2 Å². The summed E-state index contributed by atoms with van der Waals surface area (Å²) in [7, 11) is 0. The van der Waals surface area contributed by atoms with Crippen molar-refractivity contribution in [2.24, 2.45) is 5.92 Å². The van der Waals surface area contributed by atoms with Crippen LogP contribution in [0.3, 0.4) is 0 Å². The van der Waals surface area contributed by atoms with Gasteiger partial charge < -0.3 is 4.74 Å². The van der Waals surface area contributed by atoms with Crippen molar-refractivity contribution in [3.63, 3.8) is 0 Å². The minimum absolute atomic E-state index is 0.0498. The van der Waals surface area contributed by atoms with Crippen molar-refractivity contribution in [3.05, 3.63) is 101 Å². The van der Waals surface area contributed by atoms with Crippen LogP contribution in [0.2, 0.25) is 0 Å². The lowest BCUT2D eigenvalue weighted by Crippen LogP contribution is -2.13. The Morgan fingerprint density at radius 1 is 0.842 bits per heavy atom. The van der Waals surface area contributed by atoms with E-state index in [1.54, 1.807) is 6.07 Å². The van der Waals surface area contributed by atoms with Crippen molar-refractivity contribution < 1.29 is 17.9 Å². The topological polar surface area (TPSA) is 9.23 Å². The molecule has 3 aromatic carbocycles. The van der Waals surface area contributed by atoms with Gasteiger partial charge in [-0.15, -0.1) is 6.58 Å². The van der Waals surface area contributed by atoms with Crippen LogP contribution < -0.4 is 4.74 Å². The zero-order valence-corrected chi connectivity index (χ0v) is 22.5. The highest BCUT2D eigenvalue weighted by Gasteiger charge is 2.22. The van der Waals surface area contributed by atoms with Crippen LogP contribution in [0.15, 0.2) is 67.3 Å².